The number of nitrogens with two attached hydrogens (primary N) is 1. The third-order valence-electron chi connectivity index (χ3n) is 2.27. The highest BCUT2D eigenvalue weighted by atomic mass is 16.5. The third kappa shape index (κ3) is 3.07. The van der Waals surface area contributed by atoms with Crippen LogP contribution in [0.3, 0.4) is 0 Å². The molecule has 2 aromatic rings. The van der Waals surface area contributed by atoms with Gasteiger partial charge >= 0.3 is 0 Å². The summed E-state index contributed by atoms with van der Waals surface area (Å²) in [5.74, 6) is 0.728. The van der Waals surface area contributed by atoms with Gasteiger partial charge in [-0.05, 0) is 18.2 Å². The SMILES string of the molecule is COc1cc(N)cc(NCc2cccnn2)c1. The number of nitrogens with zero attached hydrogens (tertiary/aromatic N) is 2. The summed E-state index contributed by atoms with van der Waals surface area (Å²) >= 11 is 0. The highest BCUT2D eigenvalue weighted by Gasteiger charge is 1.99. The predicted molar refractivity (Wildman–Crippen MR) is 66.8 cm³/mol. The molecule has 0 bridgehead atoms. The number of ether oxygens (including phenoxy) is 1. The summed E-state index contributed by atoms with van der Waals surface area (Å²) in [6.07, 6.45) is 1.65. The van der Waals surface area contributed by atoms with Crippen molar-refractivity contribution in [1.29, 1.82) is 0 Å². The van der Waals surface area contributed by atoms with Gasteiger partial charge in [0.05, 0.1) is 19.3 Å². The van der Waals surface area contributed by atoms with Gasteiger partial charge in [0, 0.05) is 29.7 Å². The van der Waals surface area contributed by atoms with Crippen molar-refractivity contribution >= 4 is 11.4 Å². The van der Waals surface area contributed by atoms with Crippen molar-refractivity contribution < 1.29 is 4.74 Å². The monoisotopic (exact) mass is 230 g/mol. The van der Waals surface area contributed by atoms with Crippen molar-refractivity contribution in [2.24, 2.45) is 0 Å². The molecule has 1 aromatic heterocycles. The number of benzene rings is 1. The quantitative estimate of drug-likeness (QED) is 0.782. The second kappa shape index (κ2) is 5.16. The van der Waals surface area contributed by atoms with E-state index in [0.29, 0.717) is 12.2 Å². The molecule has 0 fully saturated rings. The fourth-order valence-electron chi connectivity index (χ4n) is 1.46. The van der Waals surface area contributed by atoms with E-state index < -0.39 is 0 Å². The van der Waals surface area contributed by atoms with Crippen molar-refractivity contribution in [3.05, 3.63) is 42.2 Å². The molecule has 17 heavy (non-hydrogen) atoms. The number of anilines is 2. The minimum atomic E-state index is 0.598. The van der Waals surface area contributed by atoms with Crippen LogP contribution in [0.5, 0.6) is 5.75 Å². The molecular formula is C12H14N4O. The summed E-state index contributed by atoms with van der Waals surface area (Å²) in [5, 5.41) is 11.0. The Morgan fingerprint density at radius 2 is 2.24 bits per heavy atom. The summed E-state index contributed by atoms with van der Waals surface area (Å²) in [7, 11) is 1.61. The first-order valence-corrected chi connectivity index (χ1v) is 5.23. The lowest BCUT2D eigenvalue weighted by Gasteiger charge is -2.08. The summed E-state index contributed by atoms with van der Waals surface area (Å²) in [6.45, 7) is 0.598. The lowest BCUT2D eigenvalue weighted by atomic mass is 10.2. The van der Waals surface area contributed by atoms with Crippen LogP contribution in [0.4, 0.5) is 11.4 Å². The van der Waals surface area contributed by atoms with Crippen LogP contribution in [0.1, 0.15) is 5.69 Å². The second-order valence-corrected chi connectivity index (χ2v) is 3.56. The van der Waals surface area contributed by atoms with Crippen LogP contribution >= 0.6 is 0 Å². The van der Waals surface area contributed by atoms with Crippen LogP contribution in [0.25, 0.3) is 0 Å². The van der Waals surface area contributed by atoms with Crippen LogP contribution < -0.4 is 15.8 Å². The van der Waals surface area contributed by atoms with E-state index in [9.17, 15) is 0 Å². The lowest BCUT2D eigenvalue weighted by molar-refractivity contribution is 0.415. The molecule has 0 aliphatic rings. The van der Waals surface area contributed by atoms with Gasteiger partial charge in [0.15, 0.2) is 0 Å². The van der Waals surface area contributed by atoms with Crippen LogP contribution in [0.15, 0.2) is 36.5 Å². The van der Waals surface area contributed by atoms with E-state index in [2.05, 4.69) is 15.5 Å². The largest absolute Gasteiger partial charge is 0.497 e. The summed E-state index contributed by atoms with van der Waals surface area (Å²) in [6, 6.07) is 9.26. The van der Waals surface area contributed by atoms with Gasteiger partial charge in [0.1, 0.15) is 5.75 Å². The predicted octanol–water partition coefficient (Wildman–Crippen LogP) is 1.68. The average molecular weight is 230 g/mol. The zero-order valence-corrected chi connectivity index (χ0v) is 9.55. The molecule has 0 atom stereocenters. The van der Waals surface area contributed by atoms with Gasteiger partial charge in [0.2, 0.25) is 0 Å². The fourth-order valence-corrected chi connectivity index (χ4v) is 1.46. The molecule has 0 saturated carbocycles. The van der Waals surface area contributed by atoms with E-state index in [1.807, 2.05) is 24.3 Å². The topological polar surface area (TPSA) is 73.1 Å². The highest BCUT2D eigenvalue weighted by molar-refractivity contribution is 5.59. The second-order valence-electron chi connectivity index (χ2n) is 3.56. The molecule has 0 radical (unpaired) electrons. The van der Waals surface area contributed by atoms with E-state index in [1.165, 1.54) is 0 Å². The molecule has 0 saturated heterocycles. The maximum atomic E-state index is 5.76. The number of rotatable bonds is 4. The maximum absolute atomic E-state index is 5.76. The Balaban J connectivity index is 2.06. The molecule has 5 heteroatoms. The van der Waals surface area contributed by atoms with Gasteiger partial charge in [-0.15, -0.1) is 0 Å². The Morgan fingerprint density at radius 1 is 1.35 bits per heavy atom. The molecule has 1 heterocycles. The Hall–Kier alpha value is -2.30. The number of hydrogen-bond acceptors (Lipinski definition) is 5. The van der Waals surface area contributed by atoms with Crippen LogP contribution in [-0.2, 0) is 6.54 Å². The van der Waals surface area contributed by atoms with E-state index in [4.69, 9.17) is 10.5 Å². The summed E-state index contributed by atoms with van der Waals surface area (Å²) < 4.78 is 5.14. The first-order chi connectivity index (χ1) is 8.28. The number of nitrogens with one attached hydrogen (secondary N) is 1. The molecular weight excluding hydrogens is 216 g/mol. The Labute approximate surface area is 99.6 Å². The van der Waals surface area contributed by atoms with Gasteiger partial charge < -0.3 is 15.8 Å². The number of aromatic nitrogens is 2. The molecule has 1 aromatic carbocycles. The molecule has 5 nitrogen and oxygen atoms in total. The van der Waals surface area contributed by atoms with E-state index in [-0.39, 0.29) is 0 Å². The molecule has 88 valence electrons. The summed E-state index contributed by atoms with van der Waals surface area (Å²) in [5.41, 5.74) is 8.18. The minimum Gasteiger partial charge on any atom is -0.497 e. The minimum absolute atomic E-state index is 0.598. The lowest BCUT2D eigenvalue weighted by Crippen LogP contribution is -2.03. The molecule has 0 spiro atoms. The first kappa shape index (κ1) is 11.2. The van der Waals surface area contributed by atoms with E-state index in [0.717, 1.165) is 17.1 Å². The zero-order valence-electron chi connectivity index (χ0n) is 9.55. The standard InChI is InChI=1S/C12H14N4O/c1-17-12-6-9(13)5-11(7-12)14-8-10-3-2-4-15-16-10/h2-7,14H,8,13H2,1H3. The summed E-state index contributed by atoms with van der Waals surface area (Å²) in [4.78, 5) is 0. The molecule has 0 unspecified atom stereocenters. The Bertz CT molecular complexity index is 487. The van der Waals surface area contributed by atoms with Crippen molar-refractivity contribution in [2.75, 3.05) is 18.2 Å². The van der Waals surface area contributed by atoms with Crippen molar-refractivity contribution in [1.82, 2.24) is 10.2 Å². The molecule has 0 aliphatic carbocycles. The maximum Gasteiger partial charge on any atom is 0.122 e. The molecule has 0 aliphatic heterocycles. The normalized spacial score (nSPS) is 9.94. The number of methoxy groups -OCH3 is 1. The zero-order chi connectivity index (χ0) is 12.1. The number of nitrogen functional groups attached to an aromatic ring is 1. The van der Waals surface area contributed by atoms with Crippen LogP contribution in [0, 0.1) is 0 Å². The van der Waals surface area contributed by atoms with Gasteiger partial charge in [-0.1, -0.05) is 0 Å². The van der Waals surface area contributed by atoms with Gasteiger partial charge in [-0.3, -0.25) is 0 Å². The van der Waals surface area contributed by atoms with Gasteiger partial charge in [-0.2, -0.15) is 10.2 Å². The Kier molecular flexibility index (Phi) is 3.40. The van der Waals surface area contributed by atoms with Gasteiger partial charge in [-0.25, -0.2) is 0 Å². The van der Waals surface area contributed by atoms with Crippen LogP contribution in [-0.4, -0.2) is 17.3 Å². The van der Waals surface area contributed by atoms with Crippen molar-refractivity contribution in [3.8, 4) is 5.75 Å². The van der Waals surface area contributed by atoms with Gasteiger partial charge in [0.25, 0.3) is 0 Å². The third-order valence-corrected chi connectivity index (χ3v) is 2.27. The molecule has 3 N–H and O–H groups in total. The first-order valence-electron chi connectivity index (χ1n) is 5.23. The van der Waals surface area contributed by atoms with E-state index in [1.54, 1.807) is 19.4 Å². The highest BCUT2D eigenvalue weighted by Crippen LogP contribution is 2.22. The smallest absolute Gasteiger partial charge is 0.122 e. The fraction of sp³-hybridized carbons (Fsp3) is 0.167. The van der Waals surface area contributed by atoms with Crippen LogP contribution in [0.2, 0.25) is 0 Å². The molecule has 0 amide bonds. The Morgan fingerprint density at radius 3 is 2.94 bits per heavy atom. The number of hydrogen-bond donors (Lipinski definition) is 2. The van der Waals surface area contributed by atoms with Crippen molar-refractivity contribution in [3.63, 3.8) is 0 Å². The van der Waals surface area contributed by atoms with E-state index >= 15 is 0 Å². The molecule has 2 rings (SSSR count). The van der Waals surface area contributed by atoms with Crippen molar-refractivity contribution in [2.45, 2.75) is 6.54 Å². The average Bonchev–Trinajstić information content (AvgIpc) is 2.37.